The first-order valence-corrected chi connectivity index (χ1v) is 9.86. The van der Waals surface area contributed by atoms with E-state index >= 15 is 0 Å². The van der Waals surface area contributed by atoms with Crippen molar-refractivity contribution in [3.63, 3.8) is 0 Å². The van der Waals surface area contributed by atoms with Crippen molar-refractivity contribution in [1.29, 1.82) is 0 Å². The van der Waals surface area contributed by atoms with Gasteiger partial charge in [0.15, 0.2) is 0 Å². The van der Waals surface area contributed by atoms with Crippen molar-refractivity contribution in [2.45, 2.75) is 103 Å². The molecule has 0 fully saturated rings. The van der Waals surface area contributed by atoms with Gasteiger partial charge in [-0.1, -0.05) is 69.7 Å². The van der Waals surface area contributed by atoms with E-state index in [9.17, 15) is 28.8 Å². The number of carbonyl (C=O) groups excluding carboxylic acids is 5. The number of Topliss-reactive ketones (excluding diaryl/α,β-unsaturated/α-hetero) is 5. The van der Waals surface area contributed by atoms with Crippen LogP contribution in [-0.4, -0.2) is 40.0 Å². The zero-order valence-electron chi connectivity index (χ0n) is 20.5. The molecule has 0 saturated heterocycles. The van der Waals surface area contributed by atoms with Crippen molar-refractivity contribution in [2.24, 2.45) is 16.2 Å². The summed E-state index contributed by atoms with van der Waals surface area (Å²) >= 11 is 0. The van der Waals surface area contributed by atoms with Crippen LogP contribution < -0.4 is 0 Å². The van der Waals surface area contributed by atoms with Crippen molar-refractivity contribution in [3.8, 4) is 0 Å². The van der Waals surface area contributed by atoms with Gasteiger partial charge in [0.05, 0.1) is 6.42 Å². The Kier molecular flexibility index (Phi) is 17.2. The SMILES string of the molecule is C.CC(=O)CC(=O)C(C)(C)C.CC(=O)CCC(=O)C(C)(C)C.CC(C)(C)C(=O)C(=O)O. The monoisotopic (exact) mass is 444 g/mol. The molecule has 0 heterocycles. The molecular weight excluding hydrogens is 400 g/mol. The average Bonchev–Trinajstić information content (AvgIpc) is 2.49. The third-order valence-electron chi connectivity index (χ3n) is 3.66. The van der Waals surface area contributed by atoms with Crippen LogP contribution in [0.3, 0.4) is 0 Å². The van der Waals surface area contributed by atoms with Gasteiger partial charge in [-0.05, 0) is 13.8 Å². The Morgan fingerprint density at radius 1 is 0.581 bits per heavy atom. The second kappa shape index (κ2) is 14.8. The number of aliphatic carboxylic acids is 1. The van der Waals surface area contributed by atoms with Gasteiger partial charge in [-0.2, -0.15) is 0 Å². The van der Waals surface area contributed by atoms with Crippen molar-refractivity contribution >= 4 is 34.9 Å². The summed E-state index contributed by atoms with van der Waals surface area (Å²) in [5, 5.41) is 8.17. The van der Waals surface area contributed by atoms with E-state index in [0.29, 0.717) is 12.8 Å². The highest BCUT2D eigenvalue weighted by molar-refractivity contribution is 6.34. The van der Waals surface area contributed by atoms with E-state index in [-0.39, 0.29) is 47.8 Å². The highest BCUT2D eigenvalue weighted by Gasteiger charge is 2.27. The van der Waals surface area contributed by atoms with Crippen LogP contribution in [0.25, 0.3) is 0 Å². The molecule has 0 rings (SSSR count). The highest BCUT2D eigenvalue weighted by atomic mass is 16.4. The summed E-state index contributed by atoms with van der Waals surface area (Å²) < 4.78 is 0. The normalized spacial score (nSPS) is 10.8. The Hall–Kier alpha value is -2.18. The number of carboxylic acids is 1. The third-order valence-corrected chi connectivity index (χ3v) is 3.66. The lowest BCUT2D eigenvalue weighted by Crippen LogP contribution is -2.27. The molecule has 0 saturated carbocycles. The molecular formula is C24H44O7. The van der Waals surface area contributed by atoms with E-state index in [1.165, 1.54) is 13.8 Å². The van der Waals surface area contributed by atoms with E-state index in [0.717, 1.165) is 0 Å². The minimum absolute atomic E-state index is 0. The summed E-state index contributed by atoms with van der Waals surface area (Å²) in [6, 6.07) is 0. The maximum atomic E-state index is 11.2. The second-order valence-electron chi connectivity index (χ2n) is 10.3. The molecule has 0 bridgehead atoms. The molecule has 0 aromatic carbocycles. The Morgan fingerprint density at radius 2 is 0.935 bits per heavy atom. The fraction of sp³-hybridized carbons (Fsp3) is 0.750. The van der Waals surface area contributed by atoms with Crippen molar-refractivity contribution in [1.82, 2.24) is 0 Å². The van der Waals surface area contributed by atoms with Crippen LogP contribution in [0, 0.1) is 16.2 Å². The zero-order chi connectivity index (χ0) is 25.1. The molecule has 0 aromatic rings. The number of rotatable bonds is 6. The van der Waals surface area contributed by atoms with Gasteiger partial charge in [-0.15, -0.1) is 0 Å². The molecule has 7 heteroatoms. The molecule has 0 unspecified atom stereocenters. The van der Waals surface area contributed by atoms with Gasteiger partial charge in [-0.25, -0.2) is 4.79 Å². The second-order valence-corrected chi connectivity index (χ2v) is 10.3. The maximum Gasteiger partial charge on any atom is 0.372 e. The van der Waals surface area contributed by atoms with E-state index in [1.54, 1.807) is 20.8 Å². The van der Waals surface area contributed by atoms with Crippen LogP contribution in [0.4, 0.5) is 0 Å². The van der Waals surface area contributed by atoms with Gasteiger partial charge in [0.2, 0.25) is 5.78 Å². The first-order valence-electron chi connectivity index (χ1n) is 9.86. The van der Waals surface area contributed by atoms with Crippen molar-refractivity contribution in [3.05, 3.63) is 0 Å². The van der Waals surface area contributed by atoms with E-state index in [2.05, 4.69) is 0 Å². The molecule has 1 N–H and O–H groups in total. The van der Waals surface area contributed by atoms with Gasteiger partial charge in [-0.3, -0.25) is 19.2 Å². The summed E-state index contributed by atoms with van der Waals surface area (Å²) in [5.74, 6) is -1.90. The molecule has 182 valence electrons. The lowest BCUT2D eigenvalue weighted by molar-refractivity contribution is -0.152. The minimum atomic E-state index is -1.36. The number of hydrogen-bond acceptors (Lipinski definition) is 6. The molecule has 31 heavy (non-hydrogen) atoms. The Balaban J connectivity index is -0.000000174. The molecule has 0 aliphatic heterocycles. The number of carbonyl (C=O) groups is 6. The number of ketones is 5. The van der Waals surface area contributed by atoms with Crippen molar-refractivity contribution < 1.29 is 33.9 Å². The highest BCUT2D eigenvalue weighted by Crippen LogP contribution is 2.17. The molecule has 0 aromatic heterocycles. The van der Waals surface area contributed by atoms with Crippen LogP contribution in [0.2, 0.25) is 0 Å². The standard InChI is InChI=1S/C9H16O2.C8H14O2.C6H10O3.CH4/c1-7(10)5-6-8(11)9(2,3)4;1-6(9)5-7(10)8(2,3)4;1-6(2,3)4(7)5(8)9;/h5-6H2,1-4H3;5H2,1-4H3;1-3H3,(H,8,9);1H4. The fourth-order valence-electron chi connectivity index (χ4n) is 1.48. The molecule has 0 atom stereocenters. The fourth-order valence-corrected chi connectivity index (χ4v) is 1.48. The lowest BCUT2D eigenvalue weighted by atomic mass is 9.88. The van der Waals surface area contributed by atoms with Gasteiger partial charge in [0.25, 0.3) is 0 Å². The Labute approximate surface area is 188 Å². The van der Waals surface area contributed by atoms with Crippen LogP contribution in [0.15, 0.2) is 0 Å². The number of carboxylic acid groups (broad SMARTS) is 1. The van der Waals surface area contributed by atoms with Gasteiger partial charge in [0.1, 0.15) is 23.1 Å². The molecule has 0 aliphatic rings. The smallest absolute Gasteiger partial charge is 0.372 e. The first-order chi connectivity index (χ1) is 13.0. The summed E-state index contributed by atoms with van der Waals surface area (Å²) in [4.78, 5) is 63.8. The third kappa shape index (κ3) is 22.3. The van der Waals surface area contributed by atoms with Gasteiger partial charge >= 0.3 is 5.97 Å². The average molecular weight is 445 g/mol. The topological polar surface area (TPSA) is 123 Å². The predicted molar refractivity (Wildman–Crippen MR) is 123 cm³/mol. The minimum Gasteiger partial charge on any atom is -0.475 e. The van der Waals surface area contributed by atoms with E-state index < -0.39 is 17.2 Å². The molecule has 0 amide bonds. The predicted octanol–water partition coefficient (Wildman–Crippen LogP) is 4.87. The Bertz CT molecular complexity index is 636. The summed E-state index contributed by atoms with van der Waals surface area (Å²) in [7, 11) is 0. The van der Waals surface area contributed by atoms with Crippen LogP contribution in [0.1, 0.15) is 103 Å². The molecule has 0 radical (unpaired) electrons. The molecule has 0 aliphatic carbocycles. The van der Waals surface area contributed by atoms with Gasteiger partial charge in [0, 0.05) is 29.1 Å². The summed E-state index contributed by atoms with van der Waals surface area (Å²) in [6.07, 6.45) is 0.846. The van der Waals surface area contributed by atoms with Crippen LogP contribution >= 0.6 is 0 Å². The van der Waals surface area contributed by atoms with Crippen LogP contribution in [-0.2, 0) is 28.8 Å². The largest absolute Gasteiger partial charge is 0.475 e. The quantitative estimate of drug-likeness (QED) is 0.458. The molecule has 7 nitrogen and oxygen atoms in total. The van der Waals surface area contributed by atoms with E-state index in [1.807, 2.05) is 41.5 Å². The summed E-state index contributed by atoms with van der Waals surface area (Å²) in [6.45, 7) is 18.7. The Morgan fingerprint density at radius 3 is 1.06 bits per heavy atom. The van der Waals surface area contributed by atoms with E-state index in [4.69, 9.17) is 5.11 Å². The van der Waals surface area contributed by atoms with Crippen LogP contribution in [0.5, 0.6) is 0 Å². The lowest BCUT2D eigenvalue weighted by Gasteiger charge is -2.15. The first kappa shape index (κ1) is 36.2. The molecule has 0 spiro atoms. The van der Waals surface area contributed by atoms with Gasteiger partial charge < -0.3 is 9.90 Å². The maximum absolute atomic E-state index is 11.2. The summed E-state index contributed by atoms with van der Waals surface area (Å²) in [5.41, 5.74) is -1.42. The van der Waals surface area contributed by atoms with Crippen molar-refractivity contribution in [2.75, 3.05) is 0 Å². The zero-order valence-corrected chi connectivity index (χ0v) is 20.5. The number of hydrogen-bond donors (Lipinski definition) is 1.